The number of pyridine rings is 2. The van der Waals surface area contributed by atoms with E-state index in [2.05, 4.69) is 39.5 Å². The fourth-order valence-corrected chi connectivity index (χ4v) is 4.98. The predicted molar refractivity (Wildman–Crippen MR) is 142 cm³/mol. The van der Waals surface area contributed by atoms with E-state index >= 15 is 0 Å². The summed E-state index contributed by atoms with van der Waals surface area (Å²) < 4.78 is 12.8. The third kappa shape index (κ3) is 6.05. The molecule has 1 aliphatic carbocycles. The molecule has 2 aliphatic rings. The van der Waals surface area contributed by atoms with Gasteiger partial charge in [0.1, 0.15) is 12.4 Å². The molecule has 188 valence electrons. The second-order valence-electron chi connectivity index (χ2n) is 9.34. The third-order valence-electron chi connectivity index (χ3n) is 6.67. The highest BCUT2D eigenvalue weighted by Crippen LogP contribution is 2.28. The summed E-state index contributed by atoms with van der Waals surface area (Å²) in [5, 5.41) is 4.09. The fraction of sp³-hybridized carbons (Fsp3) is 0.357. The van der Waals surface area contributed by atoms with Crippen molar-refractivity contribution in [1.82, 2.24) is 19.8 Å². The number of aromatic nitrogens is 2. The van der Waals surface area contributed by atoms with Gasteiger partial charge in [0.15, 0.2) is 0 Å². The van der Waals surface area contributed by atoms with Crippen LogP contribution in [0.4, 0.5) is 0 Å². The van der Waals surface area contributed by atoms with Gasteiger partial charge in [-0.15, -0.1) is 0 Å². The Hall–Kier alpha value is -2.97. The van der Waals surface area contributed by atoms with E-state index in [1.54, 1.807) is 36.2 Å². The molecule has 1 atom stereocenters. The number of hydrogen-bond donors (Lipinski definition) is 1. The highest BCUT2D eigenvalue weighted by Gasteiger charge is 2.20. The molecule has 0 radical (unpaired) electrons. The molecule has 3 heterocycles. The van der Waals surface area contributed by atoms with Crippen LogP contribution in [0.1, 0.15) is 28.8 Å². The number of hydrogen-bond acceptors (Lipinski definition) is 6. The molecule has 0 saturated carbocycles. The first-order chi connectivity index (χ1) is 17.6. The van der Waals surface area contributed by atoms with E-state index in [1.165, 1.54) is 22.8 Å². The highest BCUT2D eigenvalue weighted by molar-refractivity contribution is 6.30. The van der Waals surface area contributed by atoms with Gasteiger partial charge < -0.3 is 14.8 Å². The summed E-state index contributed by atoms with van der Waals surface area (Å²) >= 11 is 5.87. The number of piperazine rings is 1. The minimum Gasteiger partial charge on any atom is -0.487 e. The maximum absolute atomic E-state index is 12.8. The predicted octanol–water partition coefficient (Wildman–Crippen LogP) is 3.84. The third-order valence-corrected chi connectivity index (χ3v) is 6.89. The van der Waals surface area contributed by atoms with Crippen molar-refractivity contribution in [2.75, 3.05) is 33.4 Å². The van der Waals surface area contributed by atoms with Crippen molar-refractivity contribution in [3.8, 4) is 5.75 Å². The number of rotatable bonds is 8. The monoisotopic (exact) mass is 506 g/mol. The Labute approximate surface area is 216 Å². The number of nitrogens with zero attached hydrogens (tertiary/aromatic N) is 3. The normalized spacial score (nSPS) is 17.9. The minimum absolute atomic E-state index is 0.104. The Balaban J connectivity index is 1.24. The summed E-state index contributed by atoms with van der Waals surface area (Å²) in [5.41, 5.74) is 5.49. The average Bonchev–Trinajstić information content (AvgIpc) is 2.89. The van der Waals surface area contributed by atoms with Gasteiger partial charge in [-0.3, -0.25) is 19.2 Å². The van der Waals surface area contributed by atoms with Crippen LogP contribution < -0.4 is 15.6 Å². The van der Waals surface area contributed by atoms with Crippen LogP contribution in [0, 0.1) is 0 Å². The number of benzene rings is 1. The van der Waals surface area contributed by atoms with Gasteiger partial charge in [-0.25, -0.2) is 0 Å². The number of aryl methyl sites for hydroxylation is 1. The van der Waals surface area contributed by atoms with Gasteiger partial charge in [-0.05, 0) is 53.8 Å². The van der Waals surface area contributed by atoms with E-state index in [1.807, 2.05) is 6.07 Å². The van der Waals surface area contributed by atoms with Crippen molar-refractivity contribution in [3.63, 3.8) is 0 Å². The summed E-state index contributed by atoms with van der Waals surface area (Å²) in [6.07, 6.45) is 7.23. The van der Waals surface area contributed by atoms with Crippen LogP contribution in [-0.2, 0) is 24.3 Å². The van der Waals surface area contributed by atoms with Gasteiger partial charge in [0.2, 0.25) is 0 Å². The summed E-state index contributed by atoms with van der Waals surface area (Å²) in [4.78, 5) is 19.5. The van der Waals surface area contributed by atoms with Crippen molar-refractivity contribution in [3.05, 3.63) is 92.6 Å². The zero-order valence-electron chi connectivity index (χ0n) is 20.5. The minimum atomic E-state index is -0.104. The Morgan fingerprint density at radius 3 is 2.89 bits per heavy atom. The average molecular weight is 507 g/mol. The van der Waals surface area contributed by atoms with Crippen molar-refractivity contribution >= 4 is 23.4 Å². The van der Waals surface area contributed by atoms with Gasteiger partial charge in [-0.2, -0.15) is 0 Å². The lowest BCUT2D eigenvalue weighted by atomic mass is 9.93. The van der Waals surface area contributed by atoms with Crippen molar-refractivity contribution in [2.45, 2.75) is 32.0 Å². The molecule has 1 saturated heterocycles. The summed E-state index contributed by atoms with van der Waals surface area (Å²) in [6, 6.07) is 14.0. The zero-order chi connectivity index (χ0) is 24.9. The largest absolute Gasteiger partial charge is 0.487 e. The molecule has 5 rings (SSSR count). The first-order valence-corrected chi connectivity index (χ1v) is 12.7. The molecule has 7 nitrogen and oxygen atoms in total. The Bertz CT molecular complexity index is 1290. The molecule has 3 aromatic rings. The summed E-state index contributed by atoms with van der Waals surface area (Å²) in [6.45, 7) is 4.98. The SMILES string of the molecule is COC[C@H]1CN(Cc2ccc3c(c2)CCC(n2ccc(OCc4ccc(Cl)cn4)cc2=O)=C3)CCN1. The highest BCUT2D eigenvalue weighted by atomic mass is 35.5. The molecular formula is C28H31ClN4O3. The van der Waals surface area contributed by atoms with Crippen molar-refractivity contribution in [1.29, 1.82) is 0 Å². The number of halogens is 1. The molecule has 2 aromatic heterocycles. The molecule has 36 heavy (non-hydrogen) atoms. The van der Waals surface area contributed by atoms with Crippen LogP contribution in [0.5, 0.6) is 5.75 Å². The molecule has 1 aromatic carbocycles. The molecule has 0 unspecified atom stereocenters. The van der Waals surface area contributed by atoms with Gasteiger partial charge in [0.05, 0.1) is 17.3 Å². The lowest BCUT2D eigenvalue weighted by molar-refractivity contribution is 0.112. The zero-order valence-corrected chi connectivity index (χ0v) is 21.2. The number of nitrogens with one attached hydrogen (secondary N) is 1. The van der Waals surface area contributed by atoms with Gasteiger partial charge in [0.25, 0.3) is 5.56 Å². The van der Waals surface area contributed by atoms with E-state index in [9.17, 15) is 4.79 Å². The summed E-state index contributed by atoms with van der Waals surface area (Å²) in [5.74, 6) is 0.523. The second-order valence-corrected chi connectivity index (χ2v) is 9.77. The molecule has 0 spiro atoms. The standard InChI is InChI=1S/C28H31ClN4O3/c1-35-18-25-17-32(11-9-30-25)16-20-2-3-22-13-26(7-4-21(22)12-20)33-10-8-27(14-28(33)34)36-19-24-6-5-23(29)15-31-24/h2-3,5-6,8,10,12-15,25,30H,4,7,9,11,16-19H2,1H3/t25-/m1/s1. The molecule has 1 fully saturated rings. The van der Waals surface area contributed by atoms with Crippen LogP contribution in [0.2, 0.25) is 5.02 Å². The topological polar surface area (TPSA) is 68.6 Å². The maximum atomic E-state index is 12.8. The van der Waals surface area contributed by atoms with Gasteiger partial charge in [-0.1, -0.05) is 29.8 Å². The van der Waals surface area contributed by atoms with Crippen LogP contribution >= 0.6 is 11.6 Å². The van der Waals surface area contributed by atoms with Gasteiger partial charge in [0, 0.05) is 63.5 Å². The lowest BCUT2D eigenvalue weighted by Crippen LogP contribution is -2.52. The quantitative estimate of drug-likeness (QED) is 0.500. The number of ether oxygens (including phenoxy) is 2. The number of methoxy groups -OCH3 is 1. The van der Waals surface area contributed by atoms with Gasteiger partial charge >= 0.3 is 0 Å². The molecule has 8 heteroatoms. The first kappa shape index (κ1) is 24.7. The molecule has 1 aliphatic heterocycles. The van der Waals surface area contributed by atoms with E-state index in [0.29, 0.717) is 16.8 Å². The second kappa shape index (κ2) is 11.4. The Morgan fingerprint density at radius 2 is 2.08 bits per heavy atom. The van der Waals surface area contributed by atoms with Crippen LogP contribution in [0.15, 0.2) is 59.7 Å². The molecule has 1 N–H and O–H groups in total. The van der Waals surface area contributed by atoms with E-state index < -0.39 is 0 Å². The van der Waals surface area contributed by atoms with E-state index in [4.69, 9.17) is 21.1 Å². The number of fused-ring (bicyclic) bond motifs is 1. The smallest absolute Gasteiger partial charge is 0.258 e. The molecular weight excluding hydrogens is 476 g/mol. The van der Waals surface area contributed by atoms with E-state index in [-0.39, 0.29) is 12.2 Å². The molecule has 0 amide bonds. The Morgan fingerprint density at radius 1 is 1.17 bits per heavy atom. The lowest BCUT2D eigenvalue weighted by Gasteiger charge is -2.33. The van der Waals surface area contributed by atoms with Crippen LogP contribution in [0.3, 0.4) is 0 Å². The maximum Gasteiger partial charge on any atom is 0.258 e. The van der Waals surface area contributed by atoms with Crippen molar-refractivity contribution < 1.29 is 9.47 Å². The number of allylic oxidation sites excluding steroid dienone is 1. The van der Waals surface area contributed by atoms with Crippen LogP contribution in [0.25, 0.3) is 11.8 Å². The van der Waals surface area contributed by atoms with E-state index in [0.717, 1.165) is 57.0 Å². The fourth-order valence-electron chi connectivity index (χ4n) is 4.87. The van der Waals surface area contributed by atoms with Crippen molar-refractivity contribution in [2.24, 2.45) is 0 Å². The van der Waals surface area contributed by atoms with Crippen LogP contribution in [-0.4, -0.2) is 53.8 Å². The Kier molecular flexibility index (Phi) is 7.82. The first-order valence-electron chi connectivity index (χ1n) is 12.3. The molecule has 0 bridgehead atoms. The summed E-state index contributed by atoms with van der Waals surface area (Å²) in [7, 11) is 1.75.